The predicted octanol–water partition coefficient (Wildman–Crippen LogP) is -1.75. The SMILES string of the molecule is CCCCCC(=O)O.O=C(O)C(O)C(O)C(O)C(O)C(=O)O. The van der Waals surface area contributed by atoms with Gasteiger partial charge in [-0.3, -0.25) is 4.79 Å². The van der Waals surface area contributed by atoms with E-state index >= 15 is 0 Å². The summed E-state index contributed by atoms with van der Waals surface area (Å²) in [5, 5.41) is 59.6. The minimum absolute atomic E-state index is 0.327. The van der Waals surface area contributed by atoms with Crippen LogP contribution in [-0.2, 0) is 14.4 Å². The van der Waals surface area contributed by atoms with E-state index < -0.39 is 42.3 Å². The van der Waals surface area contributed by atoms with Crippen LogP contribution >= 0.6 is 0 Å². The van der Waals surface area contributed by atoms with Gasteiger partial charge in [0.2, 0.25) is 0 Å². The number of hydrogen-bond acceptors (Lipinski definition) is 7. The zero-order valence-electron chi connectivity index (χ0n) is 12.0. The molecular weight excluding hydrogens is 304 g/mol. The van der Waals surface area contributed by atoms with Crippen LogP contribution in [0.3, 0.4) is 0 Å². The lowest BCUT2D eigenvalue weighted by molar-refractivity contribution is -0.172. The highest BCUT2D eigenvalue weighted by atomic mass is 16.4. The second kappa shape index (κ2) is 11.9. The third-order valence-corrected chi connectivity index (χ3v) is 2.50. The third-order valence-electron chi connectivity index (χ3n) is 2.50. The van der Waals surface area contributed by atoms with Gasteiger partial charge >= 0.3 is 17.9 Å². The highest BCUT2D eigenvalue weighted by Gasteiger charge is 2.37. The average molecular weight is 326 g/mol. The summed E-state index contributed by atoms with van der Waals surface area (Å²) in [5.41, 5.74) is 0. The highest BCUT2D eigenvalue weighted by Crippen LogP contribution is 2.05. The molecule has 0 aromatic rings. The number of rotatable bonds is 9. The Balaban J connectivity index is 0. The first-order valence-corrected chi connectivity index (χ1v) is 6.45. The van der Waals surface area contributed by atoms with Gasteiger partial charge in [0.25, 0.3) is 0 Å². The van der Waals surface area contributed by atoms with Crippen molar-refractivity contribution < 1.29 is 50.1 Å². The topological polar surface area (TPSA) is 193 Å². The third kappa shape index (κ3) is 10.0. The fourth-order valence-electron chi connectivity index (χ4n) is 1.19. The molecule has 0 rings (SSSR count). The summed E-state index contributed by atoms with van der Waals surface area (Å²) >= 11 is 0. The number of hydrogen-bond donors (Lipinski definition) is 7. The molecule has 4 atom stereocenters. The van der Waals surface area contributed by atoms with Gasteiger partial charge in [-0.1, -0.05) is 19.8 Å². The van der Waals surface area contributed by atoms with E-state index in [0.717, 1.165) is 19.3 Å². The molecule has 130 valence electrons. The van der Waals surface area contributed by atoms with Crippen molar-refractivity contribution in [1.82, 2.24) is 0 Å². The highest BCUT2D eigenvalue weighted by molar-refractivity contribution is 5.75. The molecule has 10 nitrogen and oxygen atoms in total. The molecule has 0 spiro atoms. The first-order valence-electron chi connectivity index (χ1n) is 6.45. The number of carboxylic acid groups (broad SMARTS) is 3. The summed E-state index contributed by atoms with van der Waals surface area (Å²) in [6.45, 7) is 2.06. The summed E-state index contributed by atoms with van der Waals surface area (Å²) in [5.74, 6) is -4.36. The first-order chi connectivity index (χ1) is 10.1. The lowest BCUT2D eigenvalue weighted by atomic mass is 10.0. The molecule has 0 saturated carbocycles. The lowest BCUT2D eigenvalue weighted by Crippen LogP contribution is -2.49. The minimum Gasteiger partial charge on any atom is -0.481 e. The molecule has 0 aliphatic rings. The number of unbranched alkanes of at least 4 members (excludes halogenated alkanes) is 2. The number of carboxylic acids is 3. The Bertz CT molecular complexity index is 332. The molecule has 7 N–H and O–H groups in total. The van der Waals surface area contributed by atoms with Gasteiger partial charge in [0.15, 0.2) is 12.2 Å². The first kappa shape index (κ1) is 22.5. The Labute approximate surface area is 126 Å². The molecule has 0 aliphatic carbocycles. The maximum Gasteiger partial charge on any atom is 0.335 e. The standard InChI is InChI=1S/C6H10O8.C6H12O2/c7-1(3(9)5(11)12)2(8)4(10)6(13)14;1-2-3-4-5-6(7)8/h1-4,7-10H,(H,11,12)(H,13,14);2-5H2,1H3,(H,7,8). The molecule has 0 heterocycles. The molecule has 0 aliphatic heterocycles. The van der Waals surface area contributed by atoms with Crippen LogP contribution in [0.15, 0.2) is 0 Å². The number of carbonyl (C=O) groups is 3. The average Bonchev–Trinajstić information content (AvgIpc) is 2.44. The molecule has 0 fully saturated rings. The van der Waals surface area contributed by atoms with Crippen LogP contribution in [-0.4, -0.2) is 78.1 Å². The van der Waals surface area contributed by atoms with Gasteiger partial charge in [-0.15, -0.1) is 0 Å². The molecule has 0 aromatic heterocycles. The second-order valence-electron chi connectivity index (χ2n) is 4.40. The predicted molar refractivity (Wildman–Crippen MR) is 71.1 cm³/mol. The molecule has 0 aromatic carbocycles. The Morgan fingerprint density at radius 2 is 1.14 bits per heavy atom. The maximum absolute atomic E-state index is 10.1. The Hall–Kier alpha value is -1.75. The minimum atomic E-state index is -2.36. The van der Waals surface area contributed by atoms with E-state index in [4.69, 9.17) is 35.7 Å². The molecule has 0 saturated heterocycles. The summed E-state index contributed by atoms with van der Waals surface area (Å²) in [6, 6.07) is 0. The van der Waals surface area contributed by atoms with E-state index in [9.17, 15) is 14.4 Å². The van der Waals surface area contributed by atoms with Crippen molar-refractivity contribution in [2.45, 2.75) is 57.0 Å². The van der Waals surface area contributed by atoms with Crippen molar-refractivity contribution in [2.24, 2.45) is 0 Å². The number of aliphatic hydroxyl groups is 4. The summed E-state index contributed by atoms with van der Waals surface area (Å²) < 4.78 is 0. The normalized spacial score (nSPS) is 15.7. The van der Waals surface area contributed by atoms with Crippen LogP contribution in [0.5, 0.6) is 0 Å². The van der Waals surface area contributed by atoms with Gasteiger partial charge in [0.1, 0.15) is 12.2 Å². The van der Waals surface area contributed by atoms with E-state index in [1.165, 1.54) is 0 Å². The Morgan fingerprint density at radius 3 is 1.36 bits per heavy atom. The molecule has 10 heteroatoms. The van der Waals surface area contributed by atoms with Crippen molar-refractivity contribution in [3.8, 4) is 0 Å². The monoisotopic (exact) mass is 326 g/mol. The largest absolute Gasteiger partial charge is 0.481 e. The van der Waals surface area contributed by atoms with Crippen molar-refractivity contribution in [3.05, 3.63) is 0 Å². The van der Waals surface area contributed by atoms with Crippen molar-refractivity contribution in [3.63, 3.8) is 0 Å². The summed E-state index contributed by atoms with van der Waals surface area (Å²) in [7, 11) is 0. The maximum atomic E-state index is 10.1. The van der Waals surface area contributed by atoms with Gasteiger partial charge in [0, 0.05) is 6.42 Å². The van der Waals surface area contributed by atoms with Crippen molar-refractivity contribution in [2.75, 3.05) is 0 Å². The summed E-state index contributed by atoms with van der Waals surface area (Å²) in [4.78, 5) is 30.0. The second-order valence-corrected chi connectivity index (χ2v) is 4.40. The zero-order valence-corrected chi connectivity index (χ0v) is 12.0. The molecule has 0 bridgehead atoms. The van der Waals surface area contributed by atoms with Crippen LogP contribution in [0.4, 0.5) is 0 Å². The molecule has 4 unspecified atom stereocenters. The summed E-state index contributed by atoms with van der Waals surface area (Å²) in [6.07, 6.45) is -6.01. The van der Waals surface area contributed by atoms with Crippen LogP contribution in [0, 0.1) is 0 Å². The number of aliphatic hydroxyl groups excluding tert-OH is 4. The van der Waals surface area contributed by atoms with E-state index in [-0.39, 0.29) is 0 Å². The van der Waals surface area contributed by atoms with Crippen molar-refractivity contribution in [1.29, 1.82) is 0 Å². The van der Waals surface area contributed by atoms with E-state index in [0.29, 0.717) is 6.42 Å². The lowest BCUT2D eigenvalue weighted by Gasteiger charge is -2.21. The van der Waals surface area contributed by atoms with Crippen LogP contribution in [0.2, 0.25) is 0 Å². The van der Waals surface area contributed by atoms with Crippen LogP contribution in [0.1, 0.15) is 32.6 Å². The van der Waals surface area contributed by atoms with E-state index in [1.807, 2.05) is 0 Å². The van der Waals surface area contributed by atoms with Gasteiger partial charge in [-0.05, 0) is 6.42 Å². The van der Waals surface area contributed by atoms with Gasteiger partial charge in [-0.25, -0.2) is 9.59 Å². The zero-order chi connectivity index (χ0) is 17.9. The van der Waals surface area contributed by atoms with Crippen LogP contribution in [0.25, 0.3) is 0 Å². The quantitative estimate of drug-likeness (QED) is 0.239. The molecular formula is C12H22O10. The van der Waals surface area contributed by atoms with E-state index in [1.54, 1.807) is 0 Å². The van der Waals surface area contributed by atoms with Gasteiger partial charge in [0.05, 0.1) is 0 Å². The Morgan fingerprint density at radius 1 is 0.773 bits per heavy atom. The fourth-order valence-corrected chi connectivity index (χ4v) is 1.19. The Kier molecular flexibility index (Phi) is 12.1. The number of aliphatic carboxylic acids is 3. The molecule has 0 amide bonds. The van der Waals surface area contributed by atoms with E-state index in [2.05, 4.69) is 6.92 Å². The fraction of sp³-hybridized carbons (Fsp3) is 0.750. The van der Waals surface area contributed by atoms with Crippen molar-refractivity contribution >= 4 is 17.9 Å². The van der Waals surface area contributed by atoms with Gasteiger partial charge < -0.3 is 35.7 Å². The molecule has 0 radical (unpaired) electrons. The smallest absolute Gasteiger partial charge is 0.335 e. The van der Waals surface area contributed by atoms with Gasteiger partial charge in [-0.2, -0.15) is 0 Å². The van der Waals surface area contributed by atoms with Crippen LogP contribution < -0.4 is 0 Å². The molecule has 22 heavy (non-hydrogen) atoms.